The highest BCUT2D eigenvalue weighted by molar-refractivity contribution is 5.85. The number of unbranched alkanes of at least 4 members (excludes halogenated alkanes) is 5. The Labute approximate surface area is 190 Å². The van der Waals surface area contributed by atoms with Gasteiger partial charge in [-0.25, -0.2) is 0 Å². The van der Waals surface area contributed by atoms with Crippen molar-refractivity contribution in [2.75, 3.05) is 6.61 Å². The molecule has 0 saturated carbocycles. The Kier molecular flexibility index (Phi) is 9.86. The van der Waals surface area contributed by atoms with Gasteiger partial charge in [0.05, 0.1) is 13.0 Å². The summed E-state index contributed by atoms with van der Waals surface area (Å²) in [6.45, 7) is 0.680. The maximum Gasteiger partial charge on any atom is 0.307 e. The number of aryl methyl sites for hydroxylation is 1. The SMILES string of the molecule is C.O=C(O)Cc1ccc2cc(OCCCCCCCCc3cccc(O)c3O)ccc2c1. The minimum absolute atomic E-state index is 0. The molecule has 3 aromatic carbocycles. The summed E-state index contributed by atoms with van der Waals surface area (Å²) in [6.07, 6.45) is 7.33. The average molecular weight is 439 g/mol. The molecule has 32 heavy (non-hydrogen) atoms. The van der Waals surface area contributed by atoms with Crippen molar-refractivity contribution >= 4 is 16.7 Å². The standard InChI is InChI=1S/C26H30O5.CH4/c27-24-10-7-9-20(26(24)30)8-5-3-1-2-4-6-15-31-23-14-13-21-16-19(17-25(28)29)11-12-22(21)18-23;/h7,9-14,16,18,27,30H,1-6,8,15,17H2,(H,28,29);1H4. The number of benzene rings is 3. The van der Waals surface area contributed by atoms with E-state index in [1.165, 1.54) is 6.07 Å². The van der Waals surface area contributed by atoms with Gasteiger partial charge in [-0.2, -0.15) is 0 Å². The lowest BCUT2D eigenvalue weighted by Gasteiger charge is -2.08. The van der Waals surface area contributed by atoms with Crippen LogP contribution in [-0.4, -0.2) is 27.9 Å². The highest BCUT2D eigenvalue weighted by atomic mass is 16.5. The highest BCUT2D eigenvalue weighted by Gasteiger charge is 2.05. The summed E-state index contributed by atoms with van der Waals surface area (Å²) >= 11 is 0. The summed E-state index contributed by atoms with van der Waals surface area (Å²) in [6, 6.07) is 16.7. The third-order valence-corrected chi connectivity index (χ3v) is 5.44. The van der Waals surface area contributed by atoms with Crippen LogP contribution in [0.2, 0.25) is 0 Å². The van der Waals surface area contributed by atoms with Gasteiger partial charge in [0.2, 0.25) is 0 Å². The van der Waals surface area contributed by atoms with Crippen molar-refractivity contribution in [1.29, 1.82) is 0 Å². The minimum atomic E-state index is -0.824. The first-order valence-corrected chi connectivity index (χ1v) is 10.9. The fraction of sp³-hybridized carbons (Fsp3) is 0.370. The zero-order valence-corrected chi connectivity index (χ0v) is 17.7. The van der Waals surface area contributed by atoms with E-state index in [4.69, 9.17) is 9.84 Å². The molecule has 3 aromatic rings. The maximum absolute atomic E-state index is 10.8. The number of aliphatic carboxylic acids is 1. The molecule has 3 N–H and O–H groups in total. The van der Waals surface area contributed by atoms with E-state index < -0.39 is 5.97 Å². The molecule has 0 saturated heterocycles. The van der Waals surface area contributed by atoms with Gasteiger partial charge in [0.15, 0.2) is 11.5 Å². The molecule has 5 nitrogen and oxygen atoms in total. The van der Waals surface area contributed by atoms with Crippen LogP contribution in [0.15, 0.2) is 54.6 Å². The van der Waals surface area contributed by atoms with Gasteiger partial charge in [-0.05, 0) is 59.4 Å². The lowest BCUT2D eigenvalue weighted by atomic mass is 10.0. The van der Waals surface area contributed by atoms with E-state index in [1.54, 1.807) is 6.07 Å². The van der Waals surface area contributed by atoms with Crippen molar-refractivity contribution in [1.82, 2.24) is 0 Å². The number of phenolic OH excluding ortho intramolecular Hbond substituents is 2. The number of carboxylic acids is 1. The van der Waals surface area contributed by atoms with Crippen molar-refractivity contribution in [2.24, 2.45) is 0 Å². The zero-order chi connectivity index (χ0) is 22.1. The second-order valence-electron chi connectivity index (χ2n) is 7.92. The van der Waals surface area contributed by atoms with Gasteiger partial charge < -0.3 is 20.1 Å². The van der Waals surface area contributed by atoms with E-state index in [2.05, 4.69) is 0 Å². The summed E-state index contributed by atoms with van der Waals surface area (Å²) in [5.74, 6) is -0.0274. The minimum Gasteiger partial charge on any atom is -0.504 e. The molecule has 0 radical (unpaired) electrons. The van der Waals surface area contributed by atoms with Gasteiger partial charge >= 0.3 is 5.97 Å². The number of aromatic hydroxyl groups is 2. The fourth-order valence-corrected chi connectivity index (χ4v) is 3.74. The van der Waals surface area contributed by atoms with Gasteiger partial charge in [-0.3, -0.25) is 4.79 Å². The number of rotatable bonds is 12. The first-order valence-electron chi connectivity index (χ1n) is 10.9. The summed E-state index contributed by atoms with van der Waals surface area (Å²) in [7, 11) is 0. The van der Waals surface area contributed by atoms with Gasteiger partial charge in [0, 0.05) is 0 Å². The number of fused-ring (bicyclic) bond motifs is 1. The monoisotopic (exact) mass is 438 g/mol. The second kappa shape index (κ2) is 12.6. The van der Waals surface area contributed by atoms with Crippen LogP contribution in [-0.2, 0) is 17.6 Å². The predicted octanol–water partition coefficient (Wildman–Crippen LogP) is 6.48. The quantitative estimate of drug-likeness (QED) is 0.223. The number of carboxylic acid groups (broad SMARTS) is 1. The van der Waals surface area contributed by atoms with Gasteiger partial charge in [0.1, 0.15) is 5.75 Å². The van der Waals surface area contributed by atoms with Crippen molar-refractivity contribution in [3.8, 4) is 17.2 Å². The van der Waals surface area contributed by atoms with Gasteiger partial charge in [-0.1, -0.05) is 69.5 Å². The zero-order valence-electron chi connectivity index (χ0n) is 17.7. The summed E-state index contributed by atoms with van der Waals surface area (Å²) in [5, 5.41) is 30.3. The van der Waals surface area contributed by atoms with Gasteiger partial charge in [0.25, 0.3) is 0 Å². The number of para-hydroxylation sites is 1. The number of hydrogen-bond donors (Lipinski definition) is 3. The van der Waals surface area contributed by atoms with Crippen LogP contribution in [0.4, 0.5) is 0 Å². The molecule has 0 bridgehead atoms. The molecule has 0 heterocycles. The third-order valence-electron chi connectivity index (χ3n) is 5.44. The molecule has 0 fully saturated rings. The van der Waals surface area contributed by atoms with E-state index in [-0.39, 0.29) is 25.3 Å². The smallest absolute Gasteiger partial charge is 0.307 e. The summed E-state index contributed by atoms with van der Waals surface area (Å²) in [4.78, 5) is 10.8. The van der Waals surface area contributed by atoms with E-state index in [0.29, 0.717) is 6.61 Å². The lowest BCUT2D eigenvalue weighted by Crippen LogP contribution is -2.00. The first-order chi connectivity index (χ1) is 15.0. The van der Waals surface area contributed by atoms with Crippen LogP contribution < -0.4 is 4.74 Å². The predicted molar refractivity (Wildman–Crippen MR) is 129 cm³/mol. The number of hydrogen-bond acceptors (Lipinski definition) is 4. The molecule has 5 heteroatoms. The van der Waals surface area contributed by atoms with E-state index in [9.17, 15) is 15.0 Å². The molecule has 0 unspecified atom stereocenters. The Morgan fingerprint density at radius 1 is 0.812 bits per heavy atom. The Morgan fingerprint density at radius 2 is 1.50 bits per heavy atom. The summed E-state index contributed by atoms with van der Waals surface area (Å²) in [5.41, 5.74) is 1.61. The average Bonchev–Trinajstić information content (AvgIpc) is 2.75. The second-order valence-corrected chi connectivity index (χ2v) is 7.92. The Hall–Kier alpha value is -3.21. The van der Waals surface area contributed by atoms with Crippen molar-refractivity contribution in [3.63, 3.8) is 0 Å². The van der Waals surface area contributed by atoms with Crippen molar-refractivity contribution in [2.45, 2.75) is 58.8 Å². The fourth-order valence-electron chi connectivity index (χ4n) is 3.74. The first kappa shape index (κ1) is 25.1. The number of ether oxygens (including phenoxy) is 1. The maximum atomic E-state index is 10.8. The molecule has 0 spiro atoms. The molecule has 0 aromatic heterocycles. The highest BCUT2D eigenvalue weighted by Crippen LogP contribution is 2.29. The van der Waals surface area contributed by atoms with Crippen LogP contribution >= 0.6 is 0 Å². The van der Waals surface area contributed by atoms with Gasteiger partial charge in [-0.15, -0.1) is 0 Å². The molecular formula is C27H34O5. The van der Waals surface area contributed by atoms with Crippen molar-refractivity contribution < 1.29 is 24.9 Å². The van der Waals surface area contributed by atoms with Crippen LogP contribution in [0.1, 0.15) is 57.1 Å². The normalized spacial score (nSPS) is 10.6. The number of carbonyl (C=O) groups is 1. The van der Waals surface area contributed by atoms with Crippen LogP contribution in [0, 0.1) is 0 Å². The van der Waals surface area contributed by atoms with Crippen LogP contribution in [0.25, 0.3) is 10.8 Å². The van der Waals surface area contributed by atoms with Crippen LogP contribution in [0.3, 0.4) is 0 Å². The van der Waals surface area contributed by atoms with Crippen LogP contribution in [0.5, 0.6) is 17.2 Å². The molecule has 0 aliphatic heterocycles. The Bertz CT molecular complexity index is 1010. The largest absolute Gasteiger partial charge is 0.504 e. The Morgan fingerprint density at radius 3 is 2.28 bits per heavy atom. The van der Waals surface area contributed by atoms with E-state index in [1.807, 2.05) is 42.5 Å². The molecule has 0 aliphatic rings. The summed E-state index contributed by atoms with van der Waals surface area (Å²) < 4.78 is 5.87. The topological polar surface area (TPSA) is 87.0 Å². The molecule has 3 rings (SSSR count). The molecular weight excluding hydrogens is 404 g/mol. The Balaban J connectivity index is 0.00000363. The molecule has 172 valence electrons. The van der Waals surface area contributed by atoms with Crippen molar-refractivity contribution in [3.05, 3.63) is 65.7 Å². The van der Waals surface area contributed by atoms with E-state index in [0.717, 1.165) is 72.6 Å². The molecule has 0 amide bonds. The number of phenols is 2. The lowest BCUT2D eigenvalue weighted by molar-refractivity contribution is -0.136. The molecule has 0 aliphatic carbocycles. The van der Waals surface area contributed by atoms with E-state index >= 15 is 0 Å². The molecule has 0 atom stereocenters. The third kappa shape index (κ3) is 7.49.